The van der Waals surface area contributed by atoms with Crippen LogP contribution in [0, 0.1) is 0 Å². The van der Waals surface area contributed by atoms with Crippen molar-refractivity contribution in [2.45, 2.75) is 6.42 Å². The molecule has 0 atom stereocenters. The average molecular weight is 374 g/mol. The predicted molar refractivity (Wildman–Crippen MR) is 110 cm³/mol. The Morgan fingerprint density at radius 1 is 1.04 bits per heavy atom. The molecule has 0 aliphatic rings. The molecule has 0 saturated carbocycles. The van der Waals surface area contributed by atoms with Gasteiger partial charge in [0, 0.05) is 47.1 Å². The molecule has 0 saturated heterocycles. The van der Waals surface area contributed by atoms with E-state index in [4.69, 9.17) is 0 Å². The number of hydrogen-bond acceptors (Lipinski definition) is 4. The third-order valence-electron chi connectivity index (χ3n) is 4.17. The van der Waals surface area contributed by atoms with Gasteiger partial charge in [-0.15, -0.1) is 11.3 Å². The number of fused-ring (bicyclic) bond motifs is 1. The number of carbonyl (C=O) groups is 1. The second kappa shape index (κ2) is 7.97. The third-order valence-corrected chi connectivity index (χ3v) is 5.08. The standard InChI is InChI=1S/C21H18N4OS/c26-21(25-18-8-4-7-16-13-22-11-9-17(16)18)23-12-10-20-24-19(14-27-20)15-5-2-1-3-6-15/h1-9,11,13-14H,10,12H2,(H2,23,25,26). The summed E-state index contributed by atoms with van der Waals surface area (Å²) in [5.74, 6) is 0. The van der Waals surface area contributed by atoms with E-state index in [1.165, 1.54) is 0 Å². The molecule has 2 aromatic heterocycles. The number of thiazole rings is 1. The number of amides is 2. The zero-order chi connectivity index (χ0) is 18.5. The number of benzene rings is 2. The maximum Gasteiger partial charge on any atom is 0.319 e. The highest BCUT2D eigenvalue weighted by molar-refractivity contribution is 7.09. The van der Waals surface area contributed by atoms with E-state index < -0.39 is 0 Å². The van der Waals surface area contributed by atoms with Gasteiger partial charge in [-0.3, -0.25) is 4.98 Å². The molecule has 0 aliphatic carbocycles. The SMILES string of the molecule is O=C(NCCc1nc(-c2ccccc2)cs1)Nc1cccc2cnccc12. The Kier molecular flexibility index (Phi) is 5.07. The van der Waals surface area contributed by atoms with Gasteiger partial charge in [0.05, 0.1) is 16.4 Å². The summed E-state index contributed by atoms with van der Waals surface area (Å²) in [6, 6.07) is 17.5. The zero-order valence-electron chi connectivity index (χ0n) is 14.6. The molecule has 0 radical (unpaired) electrons. The fourth-order valence-corrected chi connectivity index (χ4v) is 3.66. The summed E-state index contributed by atoms with van der Waals surface area (Å²) in [6.45, 7) is 0.528. The molecule has 2 N–H and O–H groups in total. The van der Waals surface area contributed by atoms with E-state index in [1.54, 1.807) is 23.7 Å². The van der Waals surface area contributed by atoms with Gasteiger partial charge >= 0.3 is 6.03 Å². The Balaban J connectivity index is 1.33. The minimum atomic E-state index is -0.223. The first kappa shape index (κ1) is 17.2. The minimum Gasteiger partial charge on any atom is -0.337 e. The molecule has 0 spiro atoms. The van der Waals surface area contributed by atoms with Crippen LogP contribution in [0.3, 0.4) is 0 Å². The van der Waals surface area contributed by atoms with Crippen LogP contribution in [0.15, 0.2) is 72.4 Å². The van der Waals surface area contributed by atoms with Gasteiger partial charge in [-0.05, 0) is 12.1 Å². The van der Waals surface area contributed by atoms with Gasteiger partial charge in [-0.2, -0.15) is 0 Å². The molecule has 5 nitrogen and oxygen atoms in total. The van der Waals surface area contributed by atoms with Crippen molar-refractivity contribution in [2.24, 2.45) is 0 Å². The fourth-order valence-electron chi connectivity index (χ4n) is 2.85. The molecule has 0 unspecified atom stereocenters. The molecule has 0 aliphatic heterocycles. The predicted octanol–water partition coefficient (Wildman–Crippen LogP) is 4.72. The number of anilines is 1. The molecule has 0 bridgehead atoms. The topological polar surface area (TPSA) is 66.9 Å². The minimum absolute atomic E-state index is 0.223. The lowest BCUT2D eigenvalue weighted by molar-refractivity contribution is 0.252. The average Bonchev–Trinajstić information content (AvgIpc) is 3.18. The van der Waals surface area contributed by atoms with Gasteiger partial charge in [-0.25, -0.2) is 9.78 Å². The van der Waals surface area contributed by atoms with Crippen LogP contribution >= 0.6 is 11.3 Å². The first-order valence-electron chi connectivity index (χ1n) is 8.67. The zero-order valence-corrected chi connectivity index (χ0v) is 15.4. The van der Waals surface area contributed by atoms with E-state index in [0.29, 0.717) is 13.0 Å². The van der Waals surface area contributed by atoms with Gasteiger partial charge in [0.2, 0.25) is 0 Å². The highest BCUT2D eigenvalue weighted by atomic mass is 32.1. The van der Waals surface area contributed by atoms with Crippen LogP contribution in [0.5, 0.6) is 0 Å². The number of nitrogens with zero attached hydrogens (tertiary/aromatic N) is 2. The lowest BCUT2D eigenvalue weighted by Gasteiger charge is -2.09. The second-order valence-corrected chi connectivity index (χ2v) is 6.97. The smallest absolute Gasteiger partial charge is 0.319 e. The molecular weight excluding hydrogens is 356 g/mol. The van der Waals surface area contributed by atoms with Crippen LogP contribution < -0.4 is 10.6 Å². The Morgan fingerprint density at radius 2 is 1.93 bits per heavy atom. The third kappa shape index (κ3) is 4.12. The molecule has 4 aromatic rings. The molecule has 2 amide bonds. The van der Waals surface area contributed by atoms with Crippen LogP contribution in [0.1, 0.15) is 5.01 Å². The van der Waals surface area contributed by atoms with Crippen molar-refractivity contribution >= 4 is 33.8 Å². The van der Waals surface area contributed by atoms with Crippen LogP contribution in [0.25, 0.3) is 22.0 Å². The molecule has 6 heteroatoms. The highest BCUT2D eigenvalue weighted by Gasteiger charge is 2.07. The second-order valence-electron chi connectivity index (χ2n) is 6.03. The van der Waals surface area contributed by atoms with E-state index in [1.807, 2.05) is 54.6 Å². The maximum atomic E-state index is 12.2. The molecule has 27 heavy (non-hydrogen) atoms. The van der Waals surface area contributed by atoms with Crippen molar-refractivity contribution in [1.29, 1.82) is 0 Å². The van der Waals surface area contributed by atoms with E-state index in [-0.39, 0.29) is 6.03 Å². The Hall–Kier alpha value is -3.25. The number of aromatic nitrogens is 2. The van der Waals surface area contributed by atoms with Gasteiger partial charge in [-0.1, -0.05) is 42.5 Å². The van der Waals surface area contributed by atoms with E-state index in [2.05, 4.69) is 26.0 Å². The summed E-state index contributed by atoms with van der Waals surface area (Å²) in [4.78, 5) is 21.0. The van der Waals surface area contributed by atoms with Crippen LogP contribution in [0.4, 0.5) is 10.5 Å². The van der Waals surface area contributed by atoms with Gasteiger partial charge < -0.3 is 10.6 Å². The van der Waals surface area contributed by atoms with Crippen LogP contribution in [0.2, 0.25) is 0 Å². The summed E-state index contributed by atoms with van der Waals surface area (Å²) in [5.41, 5.74) is 2.86. The number of rotatable bonds is 5. The van der Waals surface area contributed by atoms with Crippen molar-refractivity contribution in [2.75, 3.05) is 11.9 Å². The highest BCUT2D eigenvalue weighted by Crippen LogP contribution is 2.23. The lowest BCUT2D eigenvalue weighted by Crippen LogP contribution is -2.30. The number of pyridine rings is 1. The van der Waals surface area contributed by atoms with Crippen molar-refractivity contribution < 1.29 is 4.79 Å². The Labute approximate surface area is 161 Å². The van der Waals surface area contributed by atoms with Crippen molar-refractivity contribution in [3.05, 3.63) is 77.4 Å². The van der Waals surface area contributed by atoms with Crippen LogP contribution in [-0.4, -0.2) is 22.5 Å². The number of urea groups is 1. The van der Waals surface area contributed by atoms with Crippen LogP contribution in [-0.2, 0) is 6.42 Å². The lowest BCUT2D eigenvalue weighted by atomic mass is 10.1. The Morgan fingerprint density at radius 3 is 2.81 bits per heavy atom. The maximum absolute atomic E-state index is 12.2. The molecule has 2 heterocycles. The number of carbonyl (C=O) groups excluding carboxylic acids is 1. The van der Waals surface area contributed by atoms with Crippen molar-refractivity contribution in [3.63, 3.8) is 0 Å². The monoisotopic (exact) mass is 374 g/mol. The first-order valence-corrected chi connectivity index (χ1v) is 9.55. The summed E-state index contributed by atoms with van der Waals surface area (Å²) >= 11 is 1.61. The normalized spacial score (nSPS) is 10.7. The quantitative estimate of drug-likeness (QED) is 0.531. The van der Waals surface area contributed by atoms with Gasteiger partial charge in [0.15, 0.2) is 0 Å². The van der Waals surface area contributed by atoms with E-state index in [9.17, 15) is 4.79 Å². The molecule has 4 rings (SSSR count). The first-order chi connectivity index (χ1) is 13.3. The van der Waals surface area contributed by atoms with Gasteiger partial charge in [0.25, 0.3) is 0 Å². The molecule has 2 aromatic carbocycles. The van der Waals surface area contributed by atoms with E-state index in [0.717, 1.165) is 32.7 Å². The van der Waals surface area contributed by atoms with Crippen molar-refractivity contribution in [3.8, 4) is 11.3 Å². The molecule has 134 valence electrons. The van der Waals surface area contributed by atoms with E-state index >= 15 is 0 Å². The summed E-state index contributed by atoms with van der Waals surface area (Å²) < 4.78 is 0. The Bertz CT molecular complexity index is 1060. The fraction of sp³-hybridized carbons (Fsp3) is 0.0952. The number of nitrogens with one attached hydrogen (secondary N) is 2. The summed E-state index contributed by atoms with van der Waals surface area (Å²) in [6.07, 6.45) is 4.20. The summed E-state index contributed by atoms with van der Waals surface area (Å²) in [5, 5.41) is 10.8. The number of hydrogen-bond donors (Lipinski definition) is 2. The largest absolute Gasteiger partial charge is 0.337 e. The van der Waals surface area contributed by atoms with Crippen molar-refractivity contribution in [1.82, 2.24) is 15.3 Å². The molecular formula is C21H18N4OS. The molecule has 0 fully saturated rings. The van der Waals surface area contributed by atoms with Gasteiger partial charge in [0.1, 0.15) is 0 Å². The summed E-state index contributed by atoms with van der Waals surface area (Å²) in [7, 11) is 0.